The number of benzene rings is 1. The molecule has 2 atom stereocenters. The molecule has 0 radical (unpaired) electrons. The molecule has 2 aliphatic rings. The molecule has 7 heteroatoms. The molecule has 1 saturated carbocycles. The van der Waals surface area contributed by atoms with E-state index in [0.29, 0.717) is 16.8 Å². The van der Waals surface area contributed by atoms with Crippen LogP contribution < -0.4 is 0 Å². The van der Waals surface area contributed by atoms with Crippen LogP contribution in [0.5, 0.6) is 0 Å². The Balaban J connectivity index is 1.57. The quantitative estimate of drug-likeness (QED) is 0.620. The molecule has 0 aliphatic heterocycles. The molecule has 1 heterocycles. The molecular formula is C23H30N2O3S2. The predicted molar refractivity (Wildman–Crippen MR) is 120 cm³/mol. The van der Waals surface area contributed by atoms with Gasteiger partial charge < -0.3 is 5.11 Å². The largest absolute Gasteiger partial charge is 0.383 e. The van der Waals surface area contributed by atoms with E-state index in [-0.39, 0.29) is 22.2 Å². The predicted octanol–water partition coefficient (Wildman–Crippen LogP) is 4.59. The molecule has 0 amide bonds. The van der Waals surface area contributed by atoms with Crippen LogP contribution in [0.4, 0.5) is 0 Å². The Morgan fingerprint density at radius 3 is 2.73 bits per heavy atom. The van der Waals surface area contributed by atoms with E-state index in [2.05, 4.69) is 24.0 Å². The van der Waals surface area contributed by atoms with Crippen molar-refractivity contribution in [1.29, 1.82) is 4.78 Å². The summed E-state index contributed by atoms with van der Waals surface area (Å²) in [5, 5.41) is 10.5. The molecule has 2 N–H and O–H groups in total. The zero-order valence-electron chi connectivity index (χ0n) is 17.9. The zero-order chi connectivity index (χ0) is 21.7. The molecule has 5 nitrogen and oxygen atoms in total. The summed E-state index contributed by atoms with van der Waals surface area (Å²) >= 11 is 1.06. The van der Waals surface area contributed by atoms with Crippen LogP contribution in [0.3, 0.4) is 0 Å². The Kier molecular flexibility index (Phi) is 5.66. The fourth-order valence-electron chi connectivity index (χ4n) is 4.49. The molecule has 1 aromatic carbocycles. The van der Waals surface area contributed by atoms with E-state index < -0.39 is 15.3 Å². The highest BCUT2D eigenvalue weighted by Crippen LogP contribution is 2.44. The number of carbonyl (C=O) groups excluding carboxylic acids is 1. The number of hydrogen-bond acceptors (Lipinski definition) is 6. The van der Waals surface area contributed by atoms with Gasteiger partial charge in [-0.25, -0.2) is 14.0 Å². The number of thiazole rings is 1. The van der Waals surface area contributed by atoms with Crippen molar-refractivity contribution >= 4 is 26.8 Å². The number of nitrogens with zero attached hydrogens (tertiary/aromatic N) is 1. The lowest BCUT2D eigenvalue weighted by molar-refractivity contribution is -0.116. The molecule has 162 valence electrons. The van der Waals surface area contributed by atoms with E-state index in [1.807, 2.05) is 0 Å². The second-order valence-corrected chi connectivity index (χ2v) is 12.7. The zero-order valence-corrected chi connectivity index (χ0v) is 19.5. The van der Waals surface area contributed by atoms with Gasteiger partial charge in [0.15, 0.2) is 5.78 Å². The third-order valence-electron chi connectivity index (χ3n) is 6.33. The van der Waals surface area contributed by atoms with E-state index >= 15 is 0 Å². The van der Waals surface area contributed by atoms with Gasteiger partial charge in [0.1, 0.15) is 14.8 Å². The summed E-state index contributed by atoms with van der Waals surface area (Å²) in [6.07, 6.45) is 7.31. The van der Waals surface area contributed by atoms with Crippen molar-refractivity contribution in [3.05, 3.63) is 45.6 Å². The number of carbonyl (C=O) groups is 1. The number of Topliss-reactive ketones (excluding diaryl/α,β-unsaturated/α-hetero) is 1. The molecule has 1 fully saturated rings. The summed E-state index contributed by atoms with van der Waals surface area (Å²) in [4.78, 5) is 17.1. The van der Waals surface area contributed by atoms with Gasteiger partial charge in [0.25, 0.3) is 0 Å². The summed E-state index contributed by atoms with van der Waals surface area (Å²) in [6.45, 7) is 5.46. The summed E-state index contributed by atoms with van der Waals surface area (Å²) in [6, 6.07) is 4.43. The van der Waals surface area contributed by atoms with Gasteiger partial charge in [0.05, 0.1) is 21.7 Å². The van der Waals surface area contributed by atoms with Crippen LogP contribution in [0.2, 0.25) is 0 Å². The minimum atomic E-state index is -3.27. The maximum atomic E-state index is 13.0. The minimum Gasteiger partial charge on any atom is -0.383 e. The first-order chi connectivity index (χ1) is 14.1. The van der Waals surface area contributed by atoms with Crippen molar-refractivity contribution in [1.82, 2.24) is 4.98 Å². The molecule has 2 aromatic rings. The molecule has 30 heavy (non-hydrogen) atoms. The number of hydrogen-bond donors (Lipinski definition) is 2. The fourth-order valence-corrected chi connectivity index (χ4v) is 7.01. The maximum Gasteiger partial charge on any atom is 0.151 e. The topological polar surface area (TPSA) is 91.1 Å². The van der Waals surface area contributed by atoms with Gasteiger partial charge in [-0.15, -0.1) is 11.3 Å². The Labute approximate surface area is 182 Å². The summed E-state index contributed by atoms with van der Waals surface area (Å²) in [7, 11) is -3.27. The van der Waals surface area contributed by atoms with Crippen LogP contribution in [0, 0.1) is 10.7 Å². The lowest BCUT2D eigenvalue weighted by Gasteiger charge is -2.19. The van der Waals surface area contributed by atoms with Crippen LogP contribution in [0.1, 0.15) is 73.2 Å². The summed E-state index contributed by atoms with van der Waals surface area (Å²) in [5.41, 5.74) is 3.90. The Morgan fingerprint density at radius 1 is 1.37 bits per heavy atom. The third-order valence-corrected chi connectivity index (χ3v) is 9.97. The molecule has 2 aliphatic carbocycles. The van der Waals surface area contributed by atoms with Crippen LogP contribution in [0.25, 0.3) is 0 Å². The lowest BCUT2D eigenvalue weighted by Crippen LogP contribution is -2.19. The summed E-state index contributed by atoms with van der Waals surface area (Å²) in [5.74, 6) is 0.685. The molecule has 0 bridgehead atoms. The Hall–Kier alpha value is -1.57. The van der Waals surface area contributed by atoms with E-state index in [0.717, 1.165) is 36.2 Å². The van der Waals surface area contributed by atoms with Crippen LogP contribution in [0.15, 0.2) is 22.5 Å². The number of fused-ring (bicyclic) bond motifs is 1. The highest BCUT2D eigenvalue weighted by molar-refractivity contribution is 7.95. The maximum absolute atomic E-state index is 13.0. The van der Waals surface area contributed by atoms with Crippen molar-refractivity contribution in [3.8, 4) is 0 Å². The van der Waals surface area contributed by atoms with Crippen molar-refractivity contribution in [2.24, 2.45) is 5.92 Å². The fraction of sp³-hybridized carbons (Fsp3) is 0.565. The molecule has 4 rings (SSSR count). The first kappa shape index (κ1) is 21.7. The molecule has 0 saturated heterocycles. The van der Waals surface area contributed by atoms with Crippen LogP contribution >= 0.6 is 11.3 Å². The van der Waals surface area contributed by atoms with Gasteiger partial charge in [0, 0.05) is 6.42 Å². The van der Waals surface area contributed by atoms with E-state index in [1.54, 1.807) is 13.8 Å². The first-order valence-corrected chi connectivity index (χ1v) is 13.2. The van der Waals surface area contributed by atoms with E-state index in [4.69, 9.17) is 4.78 Å². The smallest absolute Gasteiger partial charge is 0.151 e. The second-order valence-electron chi connectivity index (χ2n) is 9.33. The number of ketones is 1. The van der Waals surface area contributed by atoms with Crippen molar-refractivity contribution < 1.29 is 14.1 Å². The highest BCUT2D eigenvalue weighted by atomic mass is 32.2. The molecule has 1 aromatic heterocycles. The van der Waals surface area contributed by atoms with Crippen LogP contribution in [-0.4, -0.2) is 25.8 Å². The van der Waals surface area contributed by atoms with Gasteiger partial charge >= 0.3 is 0 Å². The van der Waals surface area contributed by atoms with Gasteiger partial charge in [-0.3, -0.25) is 4.79 Å². The normalized spacial score (nSPS) is 19.3. The SMILES string of the molecule is CC(c1ccc2c(c1CC(=O)CS(=N)(=O)c1cnc(C(C)(C)O)s1)CCC2)C1CC1. The number of aromatic nitrogens is 1. The third kappa shape index (κ3) is 4.39. The second kappa shape index (κ2) is 7.84. The molecule has 0 spiro atoms. The number of aryl methyl sites for hydroxylation is 1. The standard InChI is InChI=1S/C23H30N2O3S2/c1-14(15-7-8-15)18-10-9-16-5-4-6-19(16)20(18)11-17(26)13-30(24,28)21-12-25-22(29-21)23(2,3)27/h9-10,12,14-15,24,27H,4-8,11,13H2,1-3H3. The van der Waals surface area contributed by atoms with Gasteiger partial charge in [-0.1, -0.05) is 19.1 Å². The molecule has 2 unspecified atom stereocenters. The average molecular weight is 447 g/mol. The highest BCUT2D eigenvalue weighted by Gasteiger charge is 2.32. The Morgan fingerprint density at radius 2 is 2.10 bits per heavy atom. The van der Waals surface area contributed by atoms with E-state index in [9.17, 15) is 14.1 Å². The van der Waals surface area contributed by atoms with E-state index in [1.165, 1.54) is 35.7 Å². The van der Waals surface area contributed by atoms with Crippen molar-refractivity contribution in [3.63, 3.8) is 0 Å². The van der Waals surface area contributed by atoms with Crippen molar-refractivity contribution in [2.45, 2.75) is 75.0 Å². The number of nitrogens with one attached hydrogen (secondary N) is 1. The molecular weight excluding hydrogens is 416 g/mol. The lowest BCUT2D eigenvalue weighted by atomic mass is 9.86. The Bertz CT molecular complexity index is 1080. The van der Waals surface area contributed by atoms with Crippen molar-refractivity contribution in [2.75, 3.05) is 5.75 Å². The summed E-state index contributed by atoms with van der Waals surface area (Å²) < 4.78 is 21.6. The minimum absolute atomic E-state index is 0.155. The number of rotatable bonds is 8. The number of aliphatic hydroxyl groups is 1. The van der Waals surface area contributed by atoms with Gasteiger partial charge in [0.2, 0.25) is 0 Å². The van der Waals surface area contributed by atoms with Crippen LogP contribution in [-0.2, 0) is 39.4 Å². The first-order valence-electron chi connectivity index (χ1n) is 10.7. The average Bonchev–Trinajstić information content (AvgIpc) is 3.16. The van der Waals surface area contributed by atoms with Gasteiger partial charge in [-0.2, -0.15) is 0 Å². The monoisotopic (exact) mass is 446 g/mol. The van der Waals surface area contributed by atoms with Gasteiger partial charge in [-0.05, 0) is 80.0 Å².